The molecule has 1 N–H and O–H groups in total. The number of nitrogens with zero attached hydrogens (tertiary/aromatic N) is 3. The fourth-order valence-corrected chi connectivity index (χ4v) is 2.85. The monoisotopic (exact) mass is 326 g/mol. The van der Waals surface area contributed by atoms with E-state index < -0.39 is 0 Å². The number of pyridine rings is 1. The number of imidazole rings is 1. The largest absolute Gasteiger partial charge is 0.304 e. The Bertz CT molecular complexity index is 769. The van der Waals surface area contributed by atoms with E-state index in [0.29, 0.717) is 26.5 Å². The number of hydrogen-bond acceptors (Lipinski definition) is 4. The van der Waals surface area contributed by atoms with E-state index in [1.165, 1.54) is 11.3 Å². The second-order valence-electron chi connectivity index (χ2n) is 4.03. The number of carbonyl (C=O) groups is 1. The Balaban J connectivity index is 1.81. The fraction of sp³-hybridized carbons (Fsp3) is 0.0833. The number of aromatic nitrogens is 3. The van der Waals surface area contributed by atoms with Gasteiger partial charge in [0.2, 0.25) is 5.91 Å². The van der Waals surface area contributed by atoms with Crippen molar-refractivity contribution in [1.82, 2.24) is 14.4 Å². The third-order valence-electron chi connectivity index (χ3n) is 2.54. The molecule has 0 fully saturated rings. The summed E-state index contributed by atoms with van der Waals surface area (Å²) in [5.41, 5.74) is 1.19. The molecule has 0 aromatic carbocycles. The van der Waals surface area contributed by atoms with Crippen LogP contribution in [-0.2, 0) is 11.2 Å². The lowest BCUT2D eigenvalue weighted by Crippen LogP contribution is -2.14. The van der Waals surface area contributed by atoms with E-state index >= 15 is 0 Å². The van der Waals surface area contributed by atoms with Crippen LogP contribution in [-0.4, -0.2) is 20.3 Å². The van der Waals surface area contributed by atoms with Crippen molar-refractivity contribution in [3.05, 3.63) is 45.8 Å². The molecular weight excluding hydrogens is 319 g/mol. The molecule has 0 radical (unpaired) electrons. The highest BCUT2D eigenvalue weighted by atomic mass is 35.5. The molecule has 0 unspecified atom stereocenters. The van der Waals surface area contributed by atoms with Crippen LogP contribution in [0.1, 0.15) is 5.69 Å². The van der Waals surface area contributed by atoms with Crippen LogP contribution in [0.5, 0.6) is 0 Å². The van der Waals surface area contributed by atoms with E-state index in [4.69, 9.17) is 23.2 Å². The molecule has 3 aromatic heterocycles. The molecule has 3 rings (SSSR count). The first-order valence-electron chi connectivity index (χ1n) is 5.64. The molecule has 5 nitrogen and oxygen atoms in total. The van der Waals surface area contributed by atoms with Crippen LogP contribution < -0.4 is 5.32 Å². The number of rotatable bonds is 3. The highest BCUT2D eigenvalue weighted by Gasteiger charge is 2.11. The van der Waals surface area contributed by atoms with Gasteiger partial charge in [-0.1, -0.05) is 23.2 Å². The van der Waals surface area contributed by atoms with Crippen LogP contribution in [0.25, 0.3) is 5.65 Å². The van der Waals surface area contributed by atoms with E-state index in [9.17, 15) is 4.79 Å². The average molecular weight is 327 g/mol. The summed E-state index contributed by atoms with van der Waals surface area (Å²) in [6, 6.07) is 1.62. The number of anilines is 1. The van der Waals surface area contributed by atoms with Crippen molar-refractivity contribution in [2.75, 3.05) is 5.32 Å². The van der Waals surface area contributed by atoms with Crippen molar-refractivity contribution < 1.29 is 4.79 Å². The molecule has 1 amide bonds. The van der Waals surface area contributed by atoms with E-state index in [1.54, 1.807) is 34.4 Å². The number of halogens is 2. The van der Waals surface area contributed by atoms with Gasteiger partial charge in [-0.25, -0.2) is 9.97 Å². The number of thiazole rings is 1. The average Bonchev–Trinajstić information content (AvgIpc) is 2.98. The third-order valence-corrected chi connectivity index (χ3v) is 3.72. The SMILES string of the molecule is O=C(Cc1cn2cc(Cl)cc(Cl)c2n1)Nc1nccs1. The van der Waals surface area contributed by atoms with Gasteiger partial charge in [0.05, 0.1) is 22.2 Å². The molecule has 0 atom stereocenters. The van der Waals surface area contributed by atoms with Crippen molar-refractivity contribution in [1.29, 1.82) is 0 Å². The highest BCUT2D eigenvalue weighted by molar-refractivity contribution is 7.13. The molecule has 0 aliphatic carbocycles. The number of nitrogens with one attached hydrogen (secondary N) is 1. The molecule has 0 saturated carbocycles. The molecule has 8 heteroatoms. The smallest absolute Gasteiger partial charge is 0.232 e. The van der Waals surface area contributed by atoms with Crippen molar-refractivity contribution in [2.45, 2.75) is 6.42 Å². The molecule has 0 aliphatic rings. The second-order valence-corrected chi connectivity index (χ2v) is 5.77. The number of fused-ring (bicyclic) bond motifs is 1. The Morgan fingerprint density at radius 3 is 3.00 bits per heavy atom. The summed E-state index contributed by atoms with van der Waals surface area (Å²) < 4.78 is 1.71. The summed E-state index contributed by atoms with van der Waals surface area (Å²) in [7, 11) is 0. The van der Waals surface area contributed by atoms with Gasteiger partial charge in [-0.05, 0) is 6.07 Å². The van der Waals surface area contributed by atoms with Crippen LogP contribution in [0.2, 0.25) is 10.0 Å². The maximum Gasteiger partial charge on any atom is 0.232 e. The van der Waals surface area contributed by atoms with Crippen LogP contribution in [0, 0.1) is 0 Å². The summed E-state index contributed by atoms with van der Waals surface area (Å²) in [5, 5.41) is 6.03. The predicted octanol–water partition coefficient (Wildman–Crippen LogP) is 3.28. The number of hydrogen-bond donors (Lipinski definition) is 1. The standard InChI is InChI=1S/C12H8Cl2N4OS/c13-7-3-9(14)11-16-8(6-18(11)5-7)4-10(19)17-12-15-1-2-20-12/h1-3,5-6H,4H2,(H,15,17,19). The lowest BCUT2D eigenvalue weighted by Gasteiger charge is -1.98. The molecule has 0 saturated heterocycles. The quantitative estimate of drug-likeness (QED) is 0.803. The van der Waals surface area contributed by atoms with E-state index in [0.717, 1.165) is 0 Å². The first-order chi connectivity index (χ1) is 9.61. The molecule has 102 valence electrons. The Morgan fingerprint density at radius 2 is 2.25 bits per heavy atom. The zero-order valence-electron chi connectivity index (χ0n) is 10.0. The molecule has 20 heavy (non-hydrogen) atoms. The number of amides is 1. The Labute approximate surface area is 128 Å². The van der Waals surface area contributed by atoms with Gasteiger partial charge in [-0.15, -0.1) is 11.3 Å². The van der Waals surface area contributed by atoms with Gasteiger partial charge < -0.3 is 9.72 Å². The first-order valence-corrected chi connectivity index (χ1v) is 7.27. The topological polar surface area (TPSA) is 59.3 Å². The van der Waals surface area contributed by atoms with Gasteiger partial charge in [0, 0.05) is 24.0 Å². The van der Waals surface area contributed by atoms with Crippen LogP contribution in [0.15, 0.2) is 30.0 Å². The van der Waals surface area contributed by atoms with Crippen molar-refractivity contribution >= 4 is 51.2 Å². The lowest BCUT2D eigenvalue weighted by atomic mass is 10.3. The molecule has 0 bridgehead atoms. The summed E-state index contributed by atoms with van der Waals surface area (Å²) >= 11 is 13.3. The fourth-order valence-electron chi connectivity index (χ4n) is 1.77. The highest BCUT2D eigenvalue weighted by Crippen LogP contribution is 2.22. The molecular formula is C12H8Cl2N4OS. The van der Waals surface area contributed by atoms with Crippen LogP contribution in [0.4, 0.5) is 5.13 Å². The van der Waals surface area contributed by atoms with Crippen LogP contribution in [0.3, 0.4) is 0 Å². The summed E-state index contributed by atoms with van der Waals surface area (Å²) in [6.07, 6.45) is 5.20. The number of carbonyl (C=O) groups excluding carboxylic acids is 1. The molecule has 3 aromatic rings. The molecule has 0 spiro atoms. The minimum absolute atomic E-state index is 0.148. The van der Waals surface area contributed by atoms with Crippen LogP contribution >= 0.6 is 34.5 Å². The zero-order valence-corrected chi connectivity index (χ0v) is 12.3. The van der Waals surface area contributed by atoms with Gasteiger partial charge >= 0.3 is 0 Å². The normalized spacial score (nSPS) is 10.9. The van der Waals surface area contributed by atoms with Crippen molar-refractivity contribution in [3.8, 4) is 0 Å². The Kier molecular flexibility index (Phi) is 3.60. The summed E-state index contributed by atoms with van der Waals surface area (Å²) in [5.74, 6) is -0.175. The minimum atomic E-state index is -0.175. The van der Waals surface area contributed by atoms with Gasteiger partial charge in [0.1, 0.15) is 0 Å². The summed E-state index contributed by atoms with van der Waals surface area (Å²) in [4.78, 5) is 20.2. The zero-order chi connectivity index (χ0) is 14.1. The second kappa shape index (κ2) is 5.40. The van der Waals surface area contributed by atoms with Crippen molar-refractivity contribution in [3.63, 3.8) is 0 Å². The Hall–Kier alpha value is -1.63. The van der Waals surface area contributed by atoms with Gasteiger partial charge in [-0.2, -0.15) is 0 Å². The van der Waals surface area contributed by atoms with Gasteiger partial charge in [-0.3, -0.25) is 4.79 Å². The van der Waals surface area contributed by atoms with E-state index in [2.05, 4.69) is 15.3 Å². The van der Waals surface area contributed by atoms with E-state index in [-0.39, 0.29) is 12.3 Å². The van der Waals surface area contributed by atoms with E-state index in [1.807, 2.05) is 0 Å². The maximum atomic E-state index is 11.9. The summed E-state index contributed by atoms with van der Waals surface area (Å²) in [6.45, 7) is 0. The maximum absolute atomic E-state index is 11.9. The lowest BCUT2D eigenvalue weighted by molar-refractivity contribution is -0.115. The van der Waals surface area contributed by atoms with Gasteiger partial charge in [0.15, 0.2) is 10.8 Å². The predicted molar refractivity (Wildman–Crippen MR) is 79.7 cm³/mol. The van der Waals surface area contributed by atoms with Gasteiger partial charge in [0.25, 0.3) is 0 Å². The first kappa shape index (κ1) is 13.4. The molecule has 3 heterocycles. The minimum Gasteiger partial charge on any atom is -0.304 e. The molecule has 0 aliphatic heterocycles. The Morgan fingerprint density at radius 1 is 1.40 bits per heavy atom. The third kappa shape index (κ3) is 2.77. The van der Waals surface area contributed by atoms with Crippen molar-refractivity contribution in [2.24, 2.45) is 0 Å².